The van der Waals surface area contributed by atoms with Crippen LogP contribution in [-0.2, 0) is 6.42 Å². The maximum atomic E-state index is 9.57. The van der Waals surface area contributed by atoms with Gasteiger partial charge in [-0.2, -0.15) is 5.26 Å². The van der Waals surface area contributed by atoms with Crippen LogP contribution in [-0.4, -0.2) is 0 Å². The van der Waals surface area contributed by atoms with Crippen molar-refractivity contribution < 1.29 is 0 Å². The Morgan fingerprint density at radius 2 is 2.11 bits per heavy atom. The molecule has 0 saturated heterocycles. The Morgan fingerprint density at radius 1 is 1.39 bits per heavy atom. The minimum atomic E-state index is -0.119. The number of hydrogen-bond donors (Lipinski definition) is 0. The number of halogens is 1. The summed E-state index contributed by atoms with van der Waals surface area (Å²) in [7, 11) is 0. The molecule has 96 valence electrons. The van der Waals surface area contributed by atoms with E-state index in [0.29, 0.717) is 0 Å². The minimum absolute atomic E-state index is 0.119. The molecule has 1 aliphatic rings. The summed E-state index contributed by atoms with van der Waals surface area (Å²) in [6.45, 7) is 2.26. The zero-order valence-electron chi connectivity index (χ0n) is 11.0. The molecule has 0 radical (unpaired) electrons. The van der Waals surface area contributed by atoms with Crippen LogP contribution in [0.3, 0.4) is 0 Å². The standard InChI is InChI=1S/C16H20BrN/c1-2-13-6-8-16(12-18,9-7-13)11-14-4-3-5-15(17)10-14/h3-5,10,13H,2,6-9,11H2,1H3. The Labute approximate surface area is 118 Å². The van der Waals surface area contributed by atoms with E-state index in [1.807, 2.05) is 6.07 Å². The summed E-state index contributed by atoms with van der Waals surface area (Å²) in [4.78, 5) is 0. The van der Waals surface area contributed by atoms with Gasteiger partial charge in [0.15, 0.2) is 0 Å². The van der Waals surface area contributed by atoms with Crippen LogP contribution in [0.4, 0.5) is 0 Å². The summed E-state index contributed by atoms with van der Waals surface area (Å²) in [5.74, 6) is 0.842. The van der Waals surface area contributed by atoms with Crippen molar-refractivity contribution in [2.45, 2.75) is 45.4 Å². The van der Waals surface area contributed by atoms with E-state index in [1.54, 1.807) is 0 Å². The van der Waals surface area contributed by atoms with Crippen LogP contribution in [0.1, 0.15) is 44.6 Å². The summed E-state index contributed by atoms with van der Waals surface area (Å²) >= 11 is 3.50. The van der Waals surface area contributed by atoms with Crippen molar-refractivity contribution in [2.75, 3.05) is 0 Å². The molecule has 1 fully saturated rings. The summed E-state index contributed by atoms with van der Waals surface area (Å²) in [5, 5.41) is 9.57. The van der Waals surface area contributed by atoms with Crippen molar-refractivity contribution in [1.29, 1.82) is 5.26 Å². The van der Waals surface area contributed by atoms with Crippen molar-refractivity contribution in [3.05, 3.63) is 34.3 Å². The first kappa shape index (κ1) is 13.6. The third kappa shape index (κ3) is 3.14. The molecular formula is C16H20BrN. The third-order valence-electron chi connectivity index (χ3n) is 4.31. The Balaban J connectivity index is 2.08. The van der Waals surface area contributed by atoms with Gasteiger partial charge in [0.2, 0.25) is 0 Å². The van der Waals surface area contributed by atoms with Gasteiger partial charge in [-0.15, -0.1) is 0 Å². The molecule has 1 aromatic rings. The van der Waals surface area contributed by atoms with Crippen molar-refractivity contribution in [2.24, 2.45) is 11.3 Å². The van der Waals surface area contributed by atoms with Gasteiger partial charge >= 0.3 is 0 Å². The molecule has 0 aliphatic heterocycles. The van der Waals surface area contributed by atoms with E-state index in [-0.39, 0.29) is 5.41 Å². The molecule has 0 aromatic heterocycles. The summed E-state index contributed by atoms with van der Waals surface area (Å²) in [6, 6.07) is 11.0. The summed E-state index contributed by atoms with van der Waals surface area (Å²) in [6.07, 6.45) is 6.73. The normalized spacial score (nSPS) is 27.7. The Morgan fingerprint density at radius 3 is 2.67 bits per heavy atom. The van der Waals surface area contributed by atoms with Crippen LogP contribution >= 0.6 is 15.9 Å². The smallest absolute Gasteiger partial charge is 0.0693 e. The maximum absolute atomic E-state index is 9.57. The van der Waals surface area contributed by atoms with Crippen molar-refractivity contribution in [3.8, 4) is 6.07 Å². The van der Waals surface area contributed by atoms with Crippen molar-refractivity contribution in [3.63, 3.8) is 0 Å². The molecule has 2 rings (SSSR count). The monoisotopic (exact) mass is 305 g/mol. The van der Waals surface area contributed by atoms with E-state index < -0.39 is 0 Å². The van der Waals surface area contributed by atoms with Gasteiger partial charge in [-0.3, -0.25) is 0 Å². The second-order valence-corrected chi connectivity index (χ2v) is 6.47. The molecule has 1 saturated carbocycles. The van der Waals surface area contributed by atoms with Gasteiger partial charge in [-0.05, 0) is 55.7 Å². The maximum Gasteiger partial charge on any atom is 0.0693 e. The van der Waals surface area contributed by atoms with Crippen LogP contribution in [0.15, 0.2) is 28.7 Å². The first-order valence-electron chi connectivity index (χ1n) is 6.83. The molecule has 0 spiro atoms. The lowest BCUT2D eigenvalue weighted by atomic mass is 9.68. The van der Waals surface area contributed by atoms with Crippen LogP contribution in [0, 0.1) is 22.7 Å². The molecule has 0 atom stereocenters. The first-order valence-corrected chi connectivity index (χ1v) is 7.62. The summed E-state index contributed by atoms with van der Waals surface area (Å²) < 4.78 is 1.11. The van der Waals surface area contributed by atoms with Crippen LogP contribution in [0.2, 0.25) is 0 Å². The van der Waals surface area contributed by atoms with E-state index in [2.05, 4.69) is 47.1 Å². The number of rotatable bonds is 3. The molecule has 1 aromatic carbocycles. The number of benzene rings is 1. The highest BCUT2D eigenvalue weighted by atomic mass is 79.9. The SMILES string of the molecule is CCC1CCC(C#N)(Cc2cccc(Br)c2)CC1. The minimum Gasteiger partial charge on any atom is -0.198 e. The van der Waals surface area contributed by atoms with Crippen molar-refractivity contribution >= 4 is 15.9 Å². The molecule has 1 nitrogen and oxygen atoms in total. The zero-order valence-corrected chi connectivity index (χ0v) is 12.5. The summed E-state index contributed by atoms with van der Waals surface area (Å²) in [5.41, 5.74) is 1.16. The van der Waals surface area contributed by atoms with E-state index >= 15 is 0 Å². The molecule has 2 heteroatoms. The van der Waals surface area contributed by atoms with Gasteiger partial charge in [0, 0.05) is 4.47 Å². The molecule has 0 bridgehead atoms. The van der Waals surface area contributed by atoms with Crippen LogP contribution in [0.25, 0.3) is 0 Å². The predicted octanol–water partition coefficient (Wildman–Crippen LogP) is 5.10. The number of hydrogen-bond acceptors (Lipinski definition) is 1. The van der Waals surface area contributed by atoms with E-state index in [1.165, 1.54) is 24.8 Å². The lowest BCUT2D eigenvalue weighted by molar-refractivity contribution is 0.205. The van der Waals surface area contributed by atoms with Gasteiger partial charge in [0.25, 0.3) is 0 Å². The fourth-order valence-electron chi connectivity index (χ4n) is 3.00. The molecule has 18 heavy (non-hydrogen) atoms. The second kappa shape index (κ2) is 5.89. The van der Waals surface area contributed by atoms with Gasteiger partial charge < -0.3 is 0 Å². The van der Waals surface area contributed by atoms with Crippen LogP contribution < -0.4 is 0 Å². The number of nitrogens with zero attached hydrogens (tertiary/aromatic N) is 1. The molecule has 0 amide bonds. The van der Waals surface area contributed by atoms with Crippen molar-refractivity contribution in [1.82, 2.24) is 0 Å². The molecule has 0 unspecified atom stereocenters. The average Bonchev–Trinajstić information content (AvgIpc) is 2.39. The van der Waals surface area contributed by atoms with Gasteiger partial charge in [0.05, 0.1) is 11.5 Å². The molecular weight excluding hydrogens is 286 g/mol. The van der Waals surface area contributed by atoms with Crippen LogP contribution in [0.5, 0.6) is 0 Å². The van der Waals surface area contributed by atoms with Gasteiger partial charge in [0.1, 0.15) is 0 Å². The molecule has 1 aliphatic carbocycles. The highest BCUT2D eigenvalue weighted by Gasteiger charge is 2.35. The third-order valence-corrected chi connectivity index (χ3v) is 4.80. The van der Waals surface area contributed by atoms with E-state index in [9.17, 15) is 5.26 Å². The van der Waals surface area contributed by atoms with Gasteiger partial charge in [-0.1, -0.05) is 41.4 Å². The van der Waals surface area contributed by atoms with Gasteiger partial charge in [-0.25, -0.2) is 0 Å². The lowest BCUT2D eigenvalue weighted by Crippen LogP contribution is -2.28. The quantitative estimate of drug-likeness (QED) is 0.762. The Kier molecular flexibility index (Phi) is 4.45. The zero-order chi connectivity index (χ0) is 13.0. The molecule has 0 heterocycles. The predicted molar refractivity (Wildman–Crippen MR) is 78.1 cm³/mol. The number of nitriles is 1. The Bertz CT molecular complexity index is 439. The second-order valence-electron chi connectivity index (χ2n) is 5.55. The molecule has 0 N–H and O–H groups in total. The van der Waals surface area contributed by atoms with E-state index in [4.69, 9.17) is 0 Å². The highest BCUT2D eigenvalue weighted by Crippen LogP contribution is 2.42. The average molecular weight is 306 g/mol. The first-order chi connectivity index (χ1) is 8.67. The lowest BCUT2D eigenvalue weighted by Gasteiger charge is -2.34. The largest absolute Gasteiger partial charge is 0.198 e. The van der Waals surface area contributed by atoms with E-state index in [0.717, 1.165) is 29.7 Å². The fraction of sp³-hybridized carbons (Fsp3) is 0.562. The fourth-order valence-corrected chi connectivity index (χ4v) is 3.45. The highest BCUT2D eigenvalue weighted by molar-refractivity contribution is 9.10. The topological polar surface area (TPSA) is 23.8 Å². The Hall–Kier alpha value is -0.810.